The monoisotopic (exact) mass is 440 g/mol. The highest BCUT2D eigenvalue weighted by molar-refractivity contribution is 6.05. The summed E-state index contributed by atoms with van der Waals surface area (Å²) in [6, 6.07) is 24.9. The van der Waals surface area contributed by atoms with Crippen molar-refractivity contribution in [2.24, 2.45) is 0 Å². The van der Waals surface area contributed by atoms with Crippen LogP contribution in [0, 0.1) is 0 Å². The van der Waals surface area contributed by atoms with E-state index in [0.29, 0.717) is 6.42 Å². The molecule has 168 valence electrons. The highest BCUT2D eigenvalue weighted by Crippen LogP contribution is 2.42. The molecule has 3 aromatic rings. The summed E-state index contributed by atoms with van der Waals surface area (Å²) in [4.78, 5) is 29.7. The molecule has 0 N–H and O–H groups in total. The SMILES string of the molecule is COc1ccc(/C=C\C(=O)N(c2ccccc2)[C@@H]2C[C@H](C)N(C(C)=O)c3ccccc32)cc1. The number of amides is 2. The molecule has 1 aliphatic rings. The summed E-state index contributed by atoms with van der Waals surface area (Å²) in [6.45, 7) is 3.62. The molecule has 3 aromatic carbocycles. The predicted octanol–water partition coefficient (Wildman–Crippen LogP) is 5.63. The number of nitrogens with zero attached hydrogens (tertiary/aromatic N) is 2. The zero-order valence-corrected chi connectivity index (χ0v) is 19.1. The van der Waals surface area contributed by atoms with Crippen LogP contribution in [0.15, 0.2) is 84.9 Å². The van der Waals surface area contributed by atoms with E-state index in [1.165, 1.54) is 0 Å². The van der Waals surface area contributed by atoms with Crippen LogP contribution in [0.2, 0.25) is 0 Å². The van der Waals surface area contributed by atoms with Crippen molar-refractivity contribution in [3.63, 3.8) is 0 Å². The van der Waals surface area contributed by atoms with E-state index in [1.54, 1.807) is 20.1 Å². The fourth-order valence-corrected chi connectivity index (χ4v) is 4.52. The van der Waals surface area contributed by atoms with Gasteiger partial charge in [0.15, 0.2) is 0 Å². The minimum Gasteiger partial charge on any atom is -0.497 e. The summed E-state index contributed by atoms with van der Waals surface area (Å²) in [5.41, 5.74) is 3.57. The summed E-state index contributed by atoms with van der Waals surface area (Å²) < 4.78 is 5.21. The molecule has 1 aliphatic heterocycles. The summed E-state index contributed by atoms with van der Waals surface area (Å²) in [6.07, 6.45) is 4.07. The van der Waals surface area contributed by atoms with Gasteiger partial charge in [-0.05, 0) is 60.9 Å². The van der Waals surface area contributed by atoms with Gasteiger partial charge in [-0.15, -0.1) is 0 Å². The van der Waals surface area contributed by atoms with Crippen LogP contribution in [0.25, 0.3) is 6.08 Å². The van der Waals surface area contributed by atoms with Crippen molar-refractivity contribution >= 4 is 29.3 Å². The summed E-state index contributed by atoms with van der Waals surface area (Å²) in [5.74, 6) is 0.665. The zero-order chi connectivity index (χ0) is 23.4. The number of methoxy groups -OCH3 is 1. The molecule has 0 aliphatic carbocycles. The average molecular weight is 441 g/mol. The predicted molar refractivity (Wildman–Crippen MR) is 132 cm³/mol. The lowest BCUT2D eigenvalue weighted by molar-refractivity contribution is -0.117. The van der Waals surface area contributed by atoms with Gasteiger partial charge < -0.3 is 14.5 Å². The molecular weight excluding hydrogens is 412 g/mol. The number of para-hydroxylation sites is 2. The largest absolute Gasteiger partial charge is 0.497 e. The molecule has 5 nitrogen and oxygen atoms in total. The van der Waals surface area contributed by atoms with Gasteiger partial charge in [-0.25, -0.2) is 0 Å². The van der Waals surface area contributed by atoms with Crippen LogP contribution in [0.4, 0.5) is 11.4 Å². The van der Waals surface area contributed by atoms with E-state index < -0.39 is 0 Å². The normalized spacial score (nSPS) is 17.5. The van der Waals surface area contributed by atoms with Gasteiger partial charge in [0.2, 0.25) is 5.91 Å². The van der Waals surface area contributed by atoms with Crippen LogP contribution < -0.4 is 14.5 Å². The van der Waals surface area contributed by atoms with Gasteiger partial charge in [-0.2, -0.15) is 0 Å². The minimum absolute atomic E-state index is 0.00499. The summed E-state index contributed by atoms with van der Waals surface area (Å²) in [7, 11) is 1.63. The second kappa shape index (κ2) is 9.74. The van der Waals surface area contributed by atoms with Gasteiger partial charge in [0.25, 0.3) is 5.91 Å². The molecular formula is C28H28N2O3. The molecule has 5 heteroatoms. The Bertz CT molecular complexity index is 1160. The van der Waals surface area contributed by atoms with E-state index in [0.717, 1.165) is 28.3 Å². The molecule has 4 rings (SSSR count). The number of benzene rings is 3. The lowest BCUT2D eigenvalue weighted by atomic mass is 9.90. The number of carbonyl (C=O) groups is 2. The van der Waals surface area contributed by atoms with E-state index in [2.05, 4.69) is 0 Å². The summed E-state index contributed by atoms with van der Waals surface area (Å²) in [5, 5.41) is 0. The standard InChI is InChI=1S/C28H28N2O3/c1-20-19-27(25-11-7-8-12-26(25)29(20)21(2)31)30(23-9-5-4-6-10-23)28(32)18-15-22-13-16-24(33-3)17-14-22/h4-18,20,27H,19H2,1-3H3/b18-15-/t20-,27+/m0/s1. The number of fused-ring (bicyclic) bond motifs is 1. The van der Waals surface area contributed by atoms with Crippen LogP contribution in [-0.4, -0.2) is 25.0 Å². The van der Waals surface area contributed by atoms with E-state index in [1.807, 2.05) is 102 Å². The number of hydrogen-bond acceptors (Lipinski definition) is 3. The van der Waals surface area contributed by atoms with Crippen molar-refractivity contribution in [1.82, 2.24) is 0 Å². The van der Waals surface area contributed by atoms with Crippen molar-refractivity contribution in [3.8, 4) is 5.75 Å². The van der Waals surface area contributed by atoms with Crippen molar-refractivity contribution < 1.29 is 14.3 Å². The second-order valence-corrected chi connectivity index (χ2v) is 8.20. The maximum atomic E-state index is 13.6. The molecule has 2 atom stereocenters. The van der Waals surface area contributed by atoms with Crippen LogP contribution in [0.5, 0.6) is 5.75 Å². The quantitative estimate of drug-likeness (QED) is 0.483. The van der Waals surface area contributed by atoms with Gasteiger partial charge in [-0.1, -0.05) is 48.5 Å². The highest BCUT2D eigenvalue weighted by Gasteiger charge is 2.37. The fourth-order valence-electron chi connectivity index (χ4n) is 4.52. The molecule has 0 radical (unpaired) electrons. The van der Waals surface area contributed by atoms with Crippen LogP contribution in [0.1, 0.15) is 37.4 Å². The van der Waals surface area contributed by atoms with Crippen molar-refractivity contribution in [3.05, 3.63) is 96.1 Å². The van der Waals surface area contributed by atoms with E-state index in [9.17, 15) is 9.59 Å². The van der Waals surface area contributed by atoms with Gasteiger partial charge in [0.05, 0.1) is 13.2 Å². The smallest absolute Gasteiger partial charge is 0.251 e. The molecule has 0 spiro atoms. The zero-order valence-electron chi connectivity index (χ0n) is 19.1. The highest BCUT2D eigenvalue weighted by atomic mass is 16.5. The van der Waals surface area contributed by atoms with Crippen LogP contribution >= 0.6 is 0 Å². The molecule has 0 saturated carbocycles. The third kappa shape index (κ3) is 4.67. The minimum atomic E-state index is -0.192. The molecule has 33 heavy (non-hydrogen) atoms. The van der Waals surface area contributed by atoms with Gasteiger partial charge in [0, 0.05) is 30.4 Å². The number of anilines is 2. The third-order valence-corrected chi connectivity index (χ3v) is 6.02. The fraction of sp³-hybridized carbons (Fsp3) is 0.214. The Kier molecular flexibility index (Phi) is 6.59. The van der Waals surface area contributed by atoms with E-state index >= 15 is 0 Å². The maximum Gasteiger partial charge on any atom is 0.251 e. The molecule has 0 unspecified atom stereocenters. The van der Waals surface area contributed by atoms with Gasteiger partial charge in [-0.3, -0.25) is 9.59 Å². The Hall–Kier alpha value is -3.86. The maximum absolute atomic E-state index is 13.6. The van der Waals surface area contributed by atoms with E-state index in [-0.39, 0.29) is 23.9 Å². The van der Waals surface area contributed by atoms with Gasteiger partial charge in [0.1, 0.15) is 5.75 Å². The Labute approximate surface area is 194 Å². The van der Waals surface area contributed by atoms with Crippen molar-refractivity contribution in [2.45, 2.75) is 32.4 Å². The molecule has 0 saturated heterocycles. The Morgan fingerprint density at radius 2 is 1.64 bits per heavy atom. The molecule has 0 fully saturated rings. The summed E-state index contributed by atoms with van der Waals surface area (Å²) >= 11 is 0. The average Bonchev–Trinajstić information content (AvgIpc) is 2.83. The lowest BCUT2D eigenvalue weighted by Gasteiger charge is -2.43. The second-order valence-electron chi connectivity index (χ2n) is 8.20. The Morgan fingerprint density at radius 3 is 2.30 bits per heavy atom. The molecule has 2 amide bonds. The van der Waals surface area contributed by atoms with Gasteiger partial charge >= 0.3 is 0 Å². The number of carbonyl (C=O) groups excluding carboxylic acids is 2. The van der Waals surface area contributed by atoms with Crippen molar-refractivity contribution in [2.75, 3.05) is 16.9 Å². The Morgan fingerprint density at radius 1 is 0.970 bits per heavy atom. The van der Waals surface area contributed by atoms with Crippen LogP contribution in [-0.2, 0) is 9.59 Å². The lowest BCUT2D eigenvalue weighted by Crippen LogP contribution is -2.46. The Balaban J connectivity index is 1.73. The number of hydrogen-bond donors (Lipinski definition) is 0. The first kappa shape index (κ1) is 22.3. The molecule has 0 bridgehead atoms. The first-order valence-corrected chi connectivity index (χ1v) is 11.1. The number of rotatable bonds is 5. The van der Waals surface area contributed by atoms with E-state index in [4.69, 9.17) is 4.74 Å². The molecule has 0 aromatic heterocycles. The van der Waals surface area contributed by atoms with Crippen molar-refractivity contribution in [1.29, 1.82) is 0 Å². The first-order valence-electron chi connectivity index (χ1n) is 11.1. The van der Waals surface area contributed by atoms with Crippen LogP contribution in [0.3, 0.4) is 0 Å². The molecule has 1 heterocycles. The third-order valence-electron chi connectivity index (χ3n) is 6.02. The first-order chi connectivity index (χ1) is 16.0. The topological polar surface area (TPSA) is 49.9 Å². The number of ether oxygens (including phenoxy) is 1.